The van der Waals surface area contributed by atoms with Crippen molar-refractivity contribution in [3.8, 4) is 0 Å². The molecule has 0 saturated carbocycles. The number of likely N-dealkylation sites (N-methyl/N-ethyl adjacent to an activating group) is 2. The van der Waals surface area contributed by atoms with E-state index in [0.717, 1.165) is 5.70 Å². The molecule has 0 radical (unpaired) electrons. The van der Waals surface area contributed by atoms with E-state index in [1.165, 1.54) is 7.11 Å². The van der Waals surface area contributed by atoms with E-state index >= 15 is 0 Å². The molecule has 11 heteroatoms. The normalized spacial score (nSPS) is 16.6. The van der Waals surface area contributed by atoms with Crippen LogP contribution in [0.5, 0.6) is 0 Å². The molecule has 0 aliphatic heterocycles. The first kappa shape index (κ1) is 31.2. The van der Waals surface area contributed by atoms with Crippen LogP contribution in [0.4, 0.5) is 0 Å². The second-order valence-electron chi connectivity index (χ2n) is 7.70. The second-order valence-corrected chi connectivity index (χ2v) is 8.72. The molecule has 4 N–H and O–H groups in total. The van der Waals surface area contributed by atoms with Gasteiger partial charge in [0.05, 0.1) is 12.1 Å². The van der Waals surface area contributed by atoms with E-state index in [0.29, 0.717) is 12.2 Å². The average Bonchev–Trinajstić information content (AvgIpc) is 2.76. The summed E-state index contributed by atoms with van der Waals surface area (Å²) < 4.78 is 33.7. The summed E-state index contributed by atoms with van der Waals surface area (Å²) in [5.41, 5.74) is 1.29. The van der Waals surface area contributed by atoms with Crippen molar-refractivity contribution < 1.29 is 23.0 Å². The lowest BCUT2D eigenvalue weighted by Crippen LogP contribution is -2.60. The maximum absolute atomic E-state index is 12.9. The minimum atomic E-state index is -2.30. The number of carbonyl (C=O) groups excluding carboxylic acids is 1. The zero-order valence-electron chi connectivity index (χ0n) is 21.0. The molecule has 0 bridgehead atoms. The Morgan fingerprint density at radius 3 is 2.27 bits per heavy atom. The van der Waals surface area contributed by atoms with Gasteiger partial charge in [0.1, 0.15) is 6.17 Å². The topological polar surface area (TPSA) is 127 Å². The summed E-state index contributed by atoms with van der Waals surface area (Å²) in [7, 11) is 4.72. The van der Waals surface area contributed by atoms with Gasteiger partial charge in [-0.25, -0.2) is 4.90 Å². The predicted molar refractivity (Wildman–Crippen MR) is 132 cm³/mol. The van der Waals surface area contributed by atoms with Gasteiger partial charge in [0, 0.05) is 44.5 Å². The quantitative estimate of drug-likeness (QED) is 0.125. The van der Waals surface area contributed by atoms with E-state index in [1.54, 1.807) is 25.1 Å². The molecule has 0 heterocycles. The monoisotopic (exact) mass is 488 g/mol. The van der Waals surface area contributed by atoms with E-state index < -0.39 is 29.6 Å². The van der Waals surface area contributed by atoms with Gasteiger partial charge in [-0.3, -0.25) is 9.00 Å². The number of nitrogens with zero attached hydrogens (tertiary/aromatic N) is 1. The highest BCUT2D eigenvalue weighted by atomic mass is 32.2. The molecule has 33 heavy (non-hydrogen) atoms. The van der Waals surface area contributed by atoms with E-state index in [9.17, 15) is 13.6 Å². The first-order valence-electron chi connectivity index (χ1n) is 10.9. The molecule has 1 amide bonds. The van der Waals surface area contributed by atoms with Gasteiger partial charge < -0.3 is 35.3 Å². The second kappa shape index (κ2) is 16.8. The number of hydrogen-bond donors (Lipinski definition) is 4. The Hall–Kier alpha value is -1.76. The summed E-state index contributed by atoms with van der Waals surface area (Å²) in [4.78, 5) is 14.6. The van der Waals surface area contributed by atoms with Crippen LogP contribution in [0.1, 0.15) is 27.7 Å². The highest BCUT2D eigenvalue weighted by Gasteiger charge is 2.30. The van der Waals surface area contributed by atoms with Crippen molar-refractivity contribution in [1.82, 2.24) is 26.2 Å². The molecule has 5 atom stereocenters. The molecule has 3 unspecified atom stereocenters. The number of methoxy groups -OCH3 is 2. The van der Waals surface area contributed by atoms with Crippen molar-refractivity contribution in [3.63, 3.8) is 0 Å². The first-order chi connectivity index (χ1) is 15.6. The molecule has 0 aromatic rings. The Balaban J connectivity index is 6.24. The molecule has 0 fully saturated rings. The Morgan fingerprint density at radius 2 is 1.85 bits per heavy atom. The van der Waals surface area contributed by atoms with E-state index in [-0.39, 0.29) is 30.2 Å². The van der Waals surface area contributed by atoms with E-state index in [1.807, 2.05) is 33.8 Å². The number of hydrogen-bond acceptors (Lipinski definition) is 9. The van der Waals surface area contributed by atoms with Crippen LogP contribution >= 0.6 is 0 Å². The van der Waals surface area contributed by atoms with Crippen molar-refractivity contribution >= 4 is 17.0 Å². The van der Waals surface area contributed by atoms with Crippen LogP contribution in [0.25, 0.3) is 0 Å². The molecular formula is C22H42N5O5S-. The van der Waals surface area contributed by atoms with Crippen molar-refractivity contribution in [2.75, 3.05) is 40.1 Å². The molecule has 10 nitrogen and oxygen atoms in total. The zero-order chi connectivity index (χ0) is 25.6. The number of nitrogens with one attached hydrogen (secondary N) is 4. The van der Waals surface area contributed by atoms with Gasteiger partial charge in [0.2, 0.25) is 5.91 Å². The molecule has 0 aromatic carbocycles. The fourth-order valence-electron chi connectivity index (χ4n) is 3.08. The maximum atomic E-state index is 12.9. The third-order valence-corrected chi connectivity index (χ3v) is 5.56. The number of ether oxygens (including phenoxy) is 2. The van der Waals surface area contributed by atoms with Gasteiger partial charge in [-0.05, 0) is 39.0 Å². The van der Waals surface area contributed by atoms with Gasteiger partial charge in [0.15, 0.2) is 6.35 Å². The van der Waals surface area contributed by atoms with Crippen LogP contribution in [-0.4, -0.2) is 84.3 Å². The molecule has 192 valence electrons. The number of rotatable bonds is 18. The number of amides is 1. The minimum absolute atomic E-state index is 0.0346. The molecule has 0 rings (SSSR count). The smallest absolute Gasteiger partial charge is 0.240 e. The molecule has 0 aliphatic rings. The molecule has 0 spiro atoms. The fourth-order valence-corrected chi connectivity index (χ4v) is 3.44. The first-order valence-corrected chi connectivity index (χ1v) is 12.2. The Morgan fingerprint density at radius 1 is 1.21 bits per heavy atom. The summed E-state index contributed by atoms with van der Waals surface area (Å²) in [6, 6.07) is -0.450. The minimum Gasteiger partial charge on any atom is -0.772 e. The van der Waals surface area contributed by atoms with Crippen LogP contribution < -0.4 is 21.3 Å². The lowest BCUT2D eigenvalue weighted by Gasteiger charge is -2.38. The average molecular weight is 489 g/mol. The summed E-state index contributed by atoms with van der Waals surface area (Å²) in [5, 5.41) is 12.3. The maximum Gasteiger partial charge on any atom is 0.240 e. The van der Waals surface area contributed by atoms with Crippen molar-refractivity contribution in [2.45, 2.75) is 52.4 Å². The molecule has 0 aromatic heterocycles. The SMILES string of the molecule is C=C/C(=C/C(NC(=C)[C@H](C)OC)N(CCS(=O)[O-])C(NC(=O)[C@@H](NC)C(C)C)OC)NCC. The van der Waals surface area contributed by atoms with Gasteiger partial charge >= 0.3 is 0 Å². The van der Waals surface area contributed by atoms with Crippen molar-refractivity contribution in [3.05, 3.63) is 36.7 Å². The van der Waals surface area contributed by atoms with E-state index in [4.69, 9.17) is 9.47 Å². The Kier molecular flexibility index (Phi) is 15.9. The van der Waals surface area contributed by atoms with Crippen LogP contribution in [0.2, 0.25) is 0 Å². The van der Waals surface area contributed by atoms with Gasteiger partial charge in [-0.15, -0.1) is 0 Å². The predicted octanol–water partition coefficient (Wildman–Crippen LogP) is 0.601. The number of carbonyl (C=O) groups is 1. The number of allylic oxidation sites excluding steroid dienone is 1. The highest BCUT2D eigenvalue weighted by molar-refractivity contribution is 7.79. The van der Waals surface area contributed by atoms with Crippen molar-refractivity contribution in [1.29, 1.82) is 0 Å². The van der Waals surface area contributed by atoms with Crippen LogP contribution in [0.3, 0.4) is 0 Å². The lowest BCUT2D eigenvalue weighted by molar-refractivity contribution is -0.136. The summed E-state index contributed by atoms with van der Waals surface area (Å²) >= 11 is -2.30. The van der Waals surface area contributed by atoms with Crippen molar-refractivity contribution in [2.24, 2.45) is 5.92 Å². The highest BCUT2D eigenvalue weighted by Crippen LogP contribution is 2.12. The lowest BCUT2D eigenvalue weighted by atomic mass is 10.0. The van der Waals surface area contributed by atoms with Crippen LogP contribution in [-0.2, 0) is 25.3 Å². The summed E-state index contributed by atoms with van der Waals surface area (Å²) in [6.07, 6.45) is 1.63. The van der Waals surface area contributed by atoms with Crippen LogP contribution in [0.15, 0.2) is 36.7 Å². The fraction of sp³-hybridized carbons (Fsp3) is 0.682. The Bertz CT molecular complexity index is 674. The molecule has 0 saturated heterocycles. The third-order valence-electron chi connectivity index (χ3n) is 5.04. The van der Waals surface area contributed by atoms with Gasteiger partial charge in [0.25, 0.3) is 0 Å². The summed E-state index contributed by atoms with van der Waals surface area (Å²) in [6.45, 7) is 16.2. The van der Waals surface area contributed by atoms with E-state index in [2.05, 4.69) is 34.4 Å². The standard InChI is InChI=1S/C22H43N5O5S/c1-10-18(24-11-2)14-19(25-16(5)17(6)31-8)27(12-13-33(29)30)22(32-9)26-21(28)20(23-7)15(3)4/h10,14-15,17,19-20,22-25H,1,5,11-13H2,2-4,6-9H3,(H,26,28)(H,29,30)/p-1/b18-14-/t17-,19?,20-,22?/m0/s1. The van der Waals surface area contributed by atoms with Gasteiger partial charge in [-0.2, -0.15) is 0 Å². The van der Waals surface area contributed by atoms with Crippen LogP contribution in [0, 0.1) is 5.92 Å². The largest absolute Gasteiger partial charge is 0.772 e. The summed E-state index contributed by atoms with van der Waals surface area (Å²) in [5.74, 6) is -0.402. The Labute approximate surface area is 201 Å². The van der Waals surface area contributed by atoms with Gasteiger partial charge in [-0.1, -0.05) is 38.1 Å². The zero-order valence-corrected chi connectivity index (χ0v) is 21.8. The third kappa shape index (κ3) is 11.3. The molecular weight excluding hydrogens is 446 g/mol. The molecule has 0 aliphatic carbocycles.